The second kappa shape index (κ2) is 4.31. The van der Waals surface area contributed by atoms with Gasteiger partial charge in [-0.3, -0.25) is 4.79 Å². The Bertz CT molecular complexity index is 737. The molecule has 0 saturated heterocycles. The SMILES string of the molecule is CN(C)C(=O)c1ccc(-c2ccc3[nH]ccc3c2)o1. The molecule has 1 aromatic carbocycles. The summed E-state index contributed by atoms with van der Waals surface area (Å²) in [6.07, 6.45) is 1.90. The lowest BCUT2D eigenvalue weighted by Crippen LogP contribution is -2.20. The summed E-state index contributed by atoms with van der Waals surface area (Å²) in [6, 6.07) is 11.5. The summed E-state index contributed by atoms with van der Waals surface area (Å²) in [7, 11) is 3.41. The van der Waals surface area contributed by atoms with Crippen LogP contribution in [0.3, 0.4) is 0 Å². The van der Waals surface area contributed by atoms with Gasteiger partial charge in [-0.25, -0.2) is 0 Å². The minimum Gasteiger partial charge on any atom is -0.451 e. The van der Waals surface area contributed by atoms with Crippen LogP contribution in [0.25, 0.3) is 22.2 Å². The Morgan fingerprint density at radius 2 is 2.00 bits per heavy atom. The van der Waals surface area contributed by atoms with E-state index in [1.807, 2.05) is 36.5 Å². The number of rotatable bonds is 2. The summed E-state index contributed by atoms with van der Waals surface area (Å²) in [5.41, 5.74) is 2.05. The number of fused-ring (bicyclic) bond motifs is 1. The van der Waals surface area contributed by atoms with Crippen LogP contribution < -0.4 is 0 Å². The number of hydrogen-bond acceptors (Lipinski definition) is 2. The van der Waals surface area contributed by atoms with E-state index in [4.69, 9.17) is 4.42 Å². The summed E-state index contributed by atoms with van der Waals surface area (Å²) in [5.74, 6) is 0.927. The molecular formula is C15H14N2O2. The highest BCUT2D eigenvalue weighted by molar-refractivity contribution is 5.92. The molecule has 0 radical (unpaired) electrons. The van der Waals surface area contributed by atoms with E-state index in [2.05, 4.69) is 4.98 Å². The molecule has 3 rings (SSSR count). The molecule has 0 aliphatic carbocycles. The lowest BCUT2D eigenvalue weighted by Gasteiger charge is -2.06. The molecule has 1 amide bonds. The third kappa shape index (κ3) is 2.01. The van der Waals surface area contributed by atoms with E-state index in [9.17, 15) is 4.79 Å². The van der Waals surface area contributed by atoms with E-state index in [1.165, 1.54) is 4.90 Å². The molecule has 0 fully saturated rings. The third-order valence-electron chi connectivity index (χ3n) is 3.06. The molecule has 0 spiro atoms. The molecule has 4 nitrogen and oxygen atoms in total. The fourth-order valence-corrected chi connectivity index (χ4v) is 2.03. The monoisotopic (exact) mass is 254 g/mol. The number of aromatic amines is 1. The van der Waals surface area contributed by atoms with Crippen molar-refractivity contribution in [2.24, 2.45) is 0 Å². The van der Waals surface area contributed by atoms with Gasteiger partial charge in [-0.2, -0.15) is 0 Å². The molecule has 1 N–H and O–H groups in total. The lowest BCUT2D eigenvalue weighted by molar-refractivity contribution is 0.0797. The number of carbonyl (C=O) groups is 1. The molecule has 0 bridgehead atoms. The van der Waals surface area contributed by atoms with Crippen molar-refractivity contribution in [3.63, 3.8) is 0 Å². The van der Waals surface area contributed by atoms with E-state index < -0.39 is 0 Å². The van der Waals surface area contributed by atoms with Crippen LogP contribution in [0.1, 0.15) is 10.6 Å². The van der Waals surface area contributed by atoms with Crippen molar-refractivity contribution < 1.29 is 9.21 Å². The van der Waals surface area contributed by atoms with Crippen LogP contribution in [0.4, 0.5) is 0 Å². The van der Waals surface area contributed by atoms with Gasteiger partial charge >= 0.3 is 0 Å². The van der Waals surface area contributed by atoms with Gasteiger partial charge in [0.2, 0.25) is 0 Å². The zero-order valence-corrected chi connectivity index (χ0v) is 10.8. The van der Waals surface area contributed by atoms with Gasteiger partial charge in [0, 0.05) is 36.8 Å². The Balaban J connectivity index is 1.99. The quantitative estimate of drug-likeness (QED) is 0.763. The van der Waals surface area contributed by atoms with Crippen LogP contribution in [-0.2, 0) is 0 Å². The Hall–Kier alpha value is -2.49. The zero-order chi connectivity index (χ0) is 13.4. The van der Waals surface area contributed by atoms with Gasteiger partial charge in [0.25, 0.3) is 5.91 Å². The second-order valence-electron chi connectivity index (χ2n) is 4.64. The first-order valence-corrected chi connectivity index (χ1v) is 6.04. The van der Waals surface area contributed by atoms with Gasteiger partial charge in [0.05, 0.1) is 0 Å². The van der Waals surface area contributed by atoms with Crippen molar-refractivity contribution in [1.82, 2.24) is 9.88 Å². The van der Waals surface area contributed by atoms with Crippen LogP contribution in [0.2, 0.25) is 0 Å². The maximum atomic E-state index is 11.8. The van der Waals surface area contributed by atoms with Crippen molar-refractivity contribution in [3.8, 4) is 11.3 Å². The Morgan fingerprint density at radius 3 is 2.79 bits per heavy atom. The predicted molar refractivity (Wildman–Crippen MR) is 74.0 cm³/mol. The molecule has 2 heterocycles. The highest BCUT2D eigenvalue weighted by atomic mass is 16.4. The van der Waals surface area contributed by atoms with Gasteiger partial charge in [0.15, 0.2) is 5.76 Å². The van der Waals surface area contributed by atoms with Crippen LogP contribution in [-0.4, -0.2) is 29.9 Å². The van der Waals surface area contributed by atoms with E-state index in [0.717, 1.165) is 16.5 Å². The standard InChI is InChI=1S/C15H14N2O2/c1-17(2)15(18)14-6-5-13(19-14)11-3-4-12-10(9-11)7-8-16-12/h3-9,16H,1-2H3. The van der Waals surface area contributed by atoms with Crippen LogP contribution >= 0.6 is 0 Å². The molecule has 4 heteroatoms. The Kier molecular flexibility index (Phi) is 2.63. The average Bonchev–Trinajstić information content (AvgIpc) is 3.05. The summed E-state index contributed by atoms with van der Waals surface area (Å²) < 4.78 is 5.62. The van der Waals surface area contributed by atoms with Gasteiger partial charge in [-0.05, 0) is 36.4 Å². The van der Waals surface area contributed by atoms with Crippen molar-refractivity contribution in [1.29, 1.82) is 0 Å². The van der Waals surface area contributed by atoms with E-state index in [0.29, 0.717) is 11.5 Å². The number of aromatic nitrogens is 1. The highest BCUT2D eigenvalue weighted by Crippen LogP contribution is 2.26. The number of nitrogens with one attached hydrogen (secondary N) is 1. The molecule has 0 atom stereocenters. The van der Waals surface area contributed by atoms with Gasteiger partial charge in [-0.15, -0.1) is 0 Å². The zero-order valence-electron chi connectivity index (χ0n) is 10.8. The van der Waals surface area contributed by atoms with Crippen molar-refractivity contribution >= 4 is 16.8 Å². The van der Waals surface area contributed by atoms with Gasteiger partial charge in [0.1, 0.15) is 5.76 Å². The van der Waals surface area contributed by atoms with Crippen molar-refractivity contribution in [2.45, 2.75) is 0 Å². The van der Waals surface area contributed by atoms with Crippen molar-refractivity contribution in [3.05, 3.63) is 48.4 Å². The maximum Gasteiger partial charge on any atom is 0.289 e. The summed E-state index contributed by atoms with van der Waals surface area (Å²) >= 11 is 0. The number of hydrogen-bond donors (Lipinski definition) is 1. The maximum absolute atomic E-state index is 11.8. The predicted octanol–water partition coefficient (Wildman–Crippen LogP) is 3.13. The highest BCUT2D eigenvalue weighted by Gasteiger charge is 2.13. The largest absolute Gasteiger partial charge is 0.451 e. The first kappa shape index (κ1) is 11.6. The number of H-pyrrole nitrogens is 1. The van der Waals surface area contributed by atoms with Crippen LogP contribution in [0, 0.1) is 0 Å². The number of amides is 1. The second-order valence-corrected chi connectivity index (χ2v) is 4.64. The topological polar surface area (TPSA) is 49.2 Å². The van der Waals surface area contributed by atoms with Gasteiger partial charge in [-0.1, -0.05) is 0 Å². The van der Waals surface area contributed by atoms with Crippen LogP contribution in [0.5, 0.6) is 0 Å². The normalized spacial score (nSPS) is 10.8. The molecule has 19 heavy (non-hydrogen) atoms. The lowest BCUT2D eigenvalue weighted by atomic mass is 10.1. The third-order valence-corrected chi connectivity index (χ3v) is 3.06. The molecule has 2 aromatic heterocycles. The molecule has 96 valence electrons. The first-order chi connectivity index (χ1) is 9.15. The molecule has 0 unspecified atom stereocenters. The van der Waals surface area contributed by atoms with Crippen LogP contribution in [0.15, 0.2) is 47.0 Å². The summed E-state index contributed by atoms with van der Waals surface area (Å²) in [4.78, 5) is 16.4. The Labute approximate surface area is 110 Å². The average molecular weight is 254 g/mol. The number of carbonyl (C=O) groups excluding carboxylic acids is 1. The fraction of sp³-hybridized carbons (Fsp3) is 0.133. The minimum absolute atomic E-state index is 0.131. The summed E-state index contributed by atoms with van der Waals surface area (Å²) in [6.45, 7) is 0. The molecule has 0 aliphatic rings. The van der Waals surface area contributed by atoms with E-state index >= 15 is 0 Å². The number of nitrogens with zero attached hydrogens (tertiary/aromatic N) is 1. The Morgan fingerprint density at radius 1 is 1.16 bits per heavy atom. The molecular weight excluding hydrogens is 240 g/mol. The molecule has 0 saturated carbocycles. The van der Waals surface area contributed by atoms with Gasteiger partial charge < -0.3 is 14.3 Å². The smallest absolute Gasteiger partial charge is 0.289 e. The summed E-state index contributed by atoms with van der Waals surface area (Å²) in [5, 5.41) is 1.12. The number of furan rings is 1. The van der Waals surface area contributed by atoms with E-state index in [1.54, 1.807) is 20.2 Å². The fourth-order valence-electron chi connectivity index (χ4n) is 2.03. The molecule has 0 aliphatic heterocycles. The molecule has 3 aromatic rings. The number of benzene rings is 1. The minimum atomic E-state index is -0.131. The first-order valence-electron chi connectivity index (χ1n) is 6.04. The van der Waals surface area contributed by atoms with E-state index in [-0.39, 0.29) is 5.91 Å². The van der Waals surface area contributed by atoms with Crippen molar-refractivity contribution in [2.75, 3.05) is 14.1 Å².